The number of carbonyl (C=O) groups excluding carboxylic acids is 1. The molecule has 12 heteroatoms. The fraction of sp³-hybridized carbons (Fsp3) is 0.417. The molecule has 1 saturated carbocycles. The Hall–Kier alpha value is -3.44. The maximum Gasteiger partial charge on any atom is 0.573 e. The zero-order chi connectivity index (χ0) is 26.5. The van der Waals surface area contributed by atoms with Gasteiger partial charge in [-0.3, -0.25) is 4.79 Å². The lowest BCUT2D eigenvalue weighted by Crippen LogP contribution is -2.26. The van der Waals surface area contributed by atoms with Crippen LogP contribution in [0.2, 0.25) is 0 Å². The summed E-state index contributed by atoms with van der Waals surface area (Å²) in [5.74, 6) is -2.84. The van der Waals surface area contributed by atoms with E-state index in [1.54, 1.807) is 6.07 Å². The maximum atomic E-state index is 12.5. The number of Topliss-reactive ketones (excluding diaryl/α,β-unsaturated/α-hetero) is 1. The Morgan fingerprint density at radius 1 is 0.861 bits per heavy atom. The van der Waals surface area contributed by atoms with Crippen LogP contribution in [0.3, 0.4) is 0 Å². The van der Waals surface area contributed by atoms with E-state index in [9.17, 15) is 41.0 Å². The lowest BCUT2D eigenvalue weighted by molar-refractivity contribution is -0.275. The zero-order valence-electron chi connectivity index (χ0n) is 18.7. The van der Waals surface area contributed by atoms with E-state index < -0.39 is 35.8 Å². The van der Waals surface area contributed by atoms with Crippen LogP contribution in [0.4, 0.5) is 26.3 Å². The van der Waals surface area contributed by atoms with Crippen molar-refractivity contribution in [3.8, 4) is 17.2 Å². The van der Waals surface area contributed by atoms with Crippen LogP contribution < -0.4 is 14.2 Å². The molecule has 196 valence electrons. The van der Waals surface area contributed by atoms with Crippen LogP contribution in [0.5, 0.6) is 17.2 Å². The highest BCUT2D eigenvalue weighted by atomic mass is 19.4. The first kappa shape index (κ1) is 27.2. The minimum atomic E-state index is -5.04. The van der Waals surface area contributed by atoms with E-state index in [0.29, 0.717) is 31.2 Å². The molecular formula is C24H22F6O6. The predicted molar refractivity (Wildman–Crippen MR) is 113 cm³/mol. The number of carboxylic acid groups (broad SMARTS) is 1. The van der Waals surface area contributed by atoms with Crippen molar-refractivity contribution < 1.29 is 55.2 Å². The Bertz CT molecular complexity index is 1070. The molecule has 1 aliphatic rings. The average Bonchev–Trinajstić information content (AvgIpc) is 2.74. The molecular weight excluding hydrogens is 498 g/mol. The van der Waals surface area contributed by atoms with Crippen molar-refractivity contribution in [2.45, 2.75) is 57.4 Å². The van der Waals surface area contributed by atoms with Gasteiger partial charge in [-0.15, -0.1) is 26.3 Å². The largest absolute Gasteiger partial charge is 0.573 e. The Morgan fingerprint density at radius 3 is 2.14 bits per heavy atom. The van der Waals surface area contributed by atoms with Gasteiger partial charge in [0.1, 0.15) is 28.6 Å². The first-order chi connectivity index (χ1) is 16.8. The Kier molecular flexibility index (Phi) is 8.36. The van der Waals surface area contributed by atoms with Crippen LogP contribution in [0, 0.1) is 5.92 Å². The van der Waals surface area contributed by atoms with Crippen molar-refractivity contribution in [1.29, 1.82) is 0 Å². The summed E-state index contributed by atoms with van der Waals surface area (Å²) in [6.07, 6.45) is -7.65. The summed E-state index contributed by atoms with van der Waals surface area (Å²) in [4.78, 5) is 23.8. The Morgan fingerprint density at radius 2 is 1.53 bits per heavy atom. The first-order valence-electron chi connectivity index (χ1n) is 10.9. The standard InChI is InChI=1S/C24H22F6O6/c25-23(26,27)35-19-3-1-2-15(12-19)11-16(31)10-14-4-6-17(7-5-14)34-18-8-9-21(36-24(28,29)30)20(13-18)22(32)33/h1-3,8-9,12-14,17H,4-7,10-11H2,(H,32,33). The highest BCUT2D eigenvalue weighted by molar-refractivity contribution is 5.91. The van der Waals surface area contributed by atoms with Gasteiger partial charge in [0.2, 0.25) is 0 Å². The molecule has 0 aliphatic heterocycles. The third-order valence-corrected chi connectivity index (χ3v) is 5.55. The quantitative estimate of drug-likeness (QED) is 0.390. The summed E-state index contributed by atoms with van der Waals surface area (Å²) in [7, 11) is 0. The topological polar surface area (TPSA) is 82.1 Å². The molecule has 2 aromatic carbocycles. The molecule has 0 bridgehead atoms. The number of ketones is 1. The van der Waals surface area contributed by atoms with Crippen LogP contribution in [-0.2, 0) is 11.2 Å². The Balaban J connectivity index is 1.50. The molecule has 0 unspecified atom stereocenters. The fourth-order valence-electron chi connectivity index (χ4n) is 4.08. The number of benzene rings is 2. The molecule has 36 heavy (non-hydrogen) atoms. The van der Waals surface area contributed by atoms with Crippen LogP contribution in [0.25, 0.3) is 0 Å². The number of carbonyl (C=O) groups is 2. The SMILES string of the molecule is O=C(Cc1cccc(OC(F)(F)F)c1)CC1CCC(Oc2ccc(OC(F)(F)F)c(C(=O)O)c2)CC1. The van der Waals surface area contributed by atoms with Crippen LogP contribution in [0.1, 0.15) is 48.0 Å². The van der Waals surface area contributed by atoms with Gasteiger partial charge in [-0.05, 0) is 67.5 Å². The summed E-state index contributed by atoms with van der Waals surface area (Å²) in [5.41, 5.74) is -0.278. The number of carboxylic acids is 1. The van der Waals surface area contributed by atoms with E-state index in [0.717, 1.165) is 18.2 Å². The number of hydrogen-bond acceptors (Lipinski definition) is 5. The van der Waals surface area contributed by atoms with Crippen molar-refractivity contribution >= 4 is 11.8 Å². The summed E-state index contributed by atoms with van der Waals surface area (Å²) >= 11 is 0. The first-order valence-corrected chi connectivity index (χ1v) is 10.9. The van der Waals surface area contributed by atoms with Crippen molar-refractivity contribution in [3.63, 3.8) is 0 Å². The number of ether oxygens (including phenoxy) is 3. The smallest absolute Gasteiger partial charge is 0.490 e. The van der Waals surface area contributed by atoms with Crippen molar-refractivity contribution in [2.75, 3.05) is 0 Å². The second-order valence-electron chi connectivity index (χ2n) is 8.39. The summed E-state index contributed by atoms with van der Waals surface area (Å²) in [6, 6.07) is 8.29. The predicted octanol–water partition coefficient (Wildman–Crippen LogP) is 6.32. The van der Waals surface area contributed by atoms with Crippen LogP contribution in [0.15, 0.2) is 42.5 Å². The van der Waals surface area contributed by atoms with Crippen molar-refractivity contribution in [3.05, 3.63) is 53.6 Å². The third-order valence-electron chi connectivity index (χ3n) is 5.55. The van der Waals surface area contributed by atoms with E-state index in [1.165, 1.54) is 18.2 Å². The summed E-state index contributed by atoms with van der Waals surface area (Å²) in [5, 5.41) is 9.19. The molecule has 0 aromatic heterocycles. The normalized spacial score (nSPS) is 18.4. The molecule has 6 nitrogen and oxygen atoms in total. The van der Waals surface area contributed by atoms with Gasteiger partial charge < -0.3 is 19.3 Å². The number of alkyl halides is 6. The fourth-order valence-corrected chi connectivity index (χ4v) is 4.08. The third kappa shape index (κ3) is 8.65. The maximum absolute atomic E-state index is 12.5. The molecule has 1 N–H and O–H groups in total. The van der Waals surface area contributed by atoms with Gasteiger partial charge in [0.05, 0.1) is 6.10 Å². The van der Waals surface area contributed by atoms with Crippen LogP contribution >= 0.6 is 0 Å². The lowest BCUT2D eigenvalue weighted by Gasteiger charge is -2.29. The van der Waals surface area contributed by atoms with Gasteiger partial charge in [-0.2, -0.15) is 0 Å². The molecule has 2 aromatic rings. The summed E-state index contributed by atoms with van der Waals surface area (Å²) in [6.45, 7) is 0. The minimum Gasteiger partial charge on any atom is -0.490 e. The number of halogens is 6. The highest BCUT2D eigenvalue weighted by Gasteiger charge is 2.34. The van der Waals surface area contributed by atoms with Gasteiger partial charge >= 0.3 is 18.7 Å². The number of rotatable bonds is 9. The number of hydrogen-bond donors (Lipinski definition) is 1. The van der Waals surface area contributed by atoms with Crippen molar-refractivity contribution in [1.82, 2.24) is 0 Å². The molecule has 0 heterocycles. The molecule has 1 aliphatic carbocycles. The van der Waals surface area contributed by atoms with Gasteiger partial charge in [-0.25, -0.2) is 4.79 Å². The van der Waals surface area contributed by atoms with Gasteiger partial charge in [0.15, 0.2) is 0 Å². The van der Waals surface area contributed by atoms with Gasteiger partial charge in [0, 0.05) is 12.8 Å². The second-order valence-corrected chi connectivity index (χ2v) is 8.39. The van der Waals surface area contributed by atoms with Gasteiger partial charge in [-0.1, -0.05) is 12.1 Å². The molecule has 0 radical (unpaired) electrons. The zero-order valence-corrected chi connectivity index (χ0v) is 18.7. The molecule has 0 spiro atoms. The highest BCUT2D eigenvalue weighted by Crippen LogP contribution is 2.33. The monoisotopic (exact) mass is 520 g/mol. The van der Waals surface area contributed by atoms with E-state index >= 15 is 0 Å². The second kappa shape index (κ2) is 11.1. The lowest BCUT2D eigenvalue weighted by atomic mass is 9.83. The minimum absolute atomic E-state index is 0.0319. The van der Waals surface area contributed by atoms with Crippen LogP contribution in [-0.4, -0.2) is 35.7 Å². The molecule has 3 rings (SSSR count). The van der Waals surface area contributed by atoms with E-state index in [4.69, 9.17) is 4.74 Å². The van der Waals surface area contributed by atoms with Gasteiger partial charge in [0.25, 0.3) is 0 Å². The van der Waals surface area contributed by atoms with E-state index in [1.807, 2.05) is 0 Å². The molecule has 0 atom stereocenters. The molecule has 1 fully saturated rings. The Labute approximate surface area is 201 Å². The van der Waals surface area contributed by atoms with E-state index in [-0.39, 0.29) is 36.4 Å². The average molecular weight is 520 g/mol. The molecule has 0 amide bonds. The molecule has 0 saturated heterocycles. The summed E-state index contributed by atoms with van der Waals surface area (Å²) < 4.78 is 87.9. The number of aromatic carboxylic acids is 1. The van der Waals surface area contributed by atoms with Crippen molar-refractivity contribution in [2.24, 2.45) is 5.92 Å². The van der Waals surface area contributed by atoms with E-state index in [2.05, 4.69) is 9.47 Å².